The maximum absolute atomic E-state index is 12.9. The molecule has 2 amide bonds. The van der Waals surface area contributed by atoms with Crippen LogP contribution in [0.3, 0.4) is 0 Å². The van der Waals surface area contributed by atoms with Gasteiger partial charge in [-0.2, -0.15) is 0 Å². The van der Waals surface area contributed by atoms with Gasteiger partial charge in [0.25, 0.3) is 0 Å². The summed E-state index contributed by atoms with van der Waals surface area (Å²) in [6.45, 7) is 4.92. The van der Waals surface area contributed by atoms with Gasteiger partial charge in [-0.1, -0.05) is 25.1 Å². The van der Waals surface area contributed by atoms with Crippen molar-refractivity contribution in [2.75, 3.05) is 11.4 Å². The monoisotopic (exact) mass is 328 g/mol. The van der Waals surface area contributed by atoms with Crippen molar-refractivity contribution < 1.29 is 9.59 Å². The molecule has 1 fully saturated rings. The molecule has 0 radical (unpaired) electrons. The van der Waals surface area contributed by atoms with Crippen LogP contribution in [-0.4, -0.2) is 24.4 Å². The lowest BCUT2D eigenvalue weighted by atomic mass is 9.80. The first-order chi connectivity index (χ1) is 11.6. The van der Waals surface area contributed by atoms with E-state index in [9.17, 15) is 9.59 Å². The van der Waals surface area contributed by atoms with Crippen molar-refractivity contribution in [3.63, 3.8) is 0 Å². The first-order valence-corrected chi connectivity index (χ1v) is 9.29. The van der Waals surface area contributed by atoms with Crippen molar-refractivity contribution in [1.82, 2.24) is 5.32 Å². The van der Waals surface area contributed by atoms with Gasteiger partial charge in [0.15, 0.2) is 0 Å². The zero-order valence-corrected chi connectivity index (χ0v) is 14.8. The Labute approximate surface area is 144 Å². The van der Waals surface area contributed by atoms with Crippen LogP contribution < -0.4 is 10.2 Å². The number of hydrogen-bond acceptors (Lipinski definition) is 2. The number of carbonyl (C=O) groups excluding carboxylic acids is 2. The minimum atomic E-state index is 0.0730. The van der Waals surface area contributed by atoms with Crippen LogP contribution in [0.15, 0.2) is 24.3 Å². The Hall–Kier alpha value is -1.84. The summed E-state index contributed by atoms with van der Waals surface area (Å²) >= 11 is 0. The average Bonchev–Trinajstić information content (AvgIpc) is 3.05. The van der Waals surface area contributed by atoms with E-state index in [1.165, 1.54) is 5.56 Å². The first-order valence-electron chi connectivity index (χ1n) is 9.29. The second-order valence-electron chi connectivity index (χ2n) is 7.24. The zero-order chi connectivity index (χ0) is 17.1. The summed E-state index contributed by atoms with van der Waals surface area (Å²) in [5.41, 5.74) is 2.35. The van der Waals surface area contributed by atoms with Gasteiger partial charge in [0.2, 0.25) is 11.8 Å². The standard InChI is InChI=1S/C20H28N2O2/c1-3-14(2)21-19(23)16-8-10-17(11-9-16)20(24)22-13-12-15-6-4-5-7-18(15)22/h4-7,14,16-17H,3,8-13H2,1-2H3,(H,21,23). The van der Waals surface area contributed by atoms with Crippen molar-refractivity contribution in [3.05, 3.63) is 29.8 Å². The van der Waals surface area contributed by atoms with E-state index in [4.69, 9.17) is 0 Å². The number of para-hydroxylation sites is 1. The Morgan fingerprint density at radius 1 is 1.17 bits per heavy atom. The molecular formula is C20H28N2O2. The Balaban J connectivity index is 1.56. The van der Waals surface area contributed by atoms with E-state index in [-0.39, 0.29) is 29.7 Å². The molecule has 1 atom stereocenters. The molecule has 1 heterocycles. The molecule has 0 saturated heterocycles. The zero-order valence-electron chi connectivity index (χ0n) is 14.8. The third-order valence-electron chi connectivity index (χ3n) is 5.60. The van der Waals surface area contributed by atoms with Gasteiger partial charge in [-0.3, -0.25) is 9.59 Å². The van der Waals surface area contributed by atoms with Crippen LogP contribution in [0.25, 0.3) is 0 Å². The maximum Gasteiger partial charge on any atom is 0.230 e. The normalized spacial score (nSPS) is 24.3. The molecule has 4 heteroatoms. The average molecular weight is 328 g/mol. The van der Waals surface area contributed by atoms with Crippen molar-refractivity contribution >= 4 is 17.5 Å². The summed E-state index contributed by atoms with van der Waals surface area (Å²) in [5.74, 6) is 0.570. The van der Waals surface area contributed by atoms with Crippen molar-refractivity contribution in [2.45, 2.75) is 58.4 Å². The number of nitrogens with zero attached hydrogens (tertiary/aromatic N) is 1. The fourth-order valence-corrected chi connectivity index (χ4v) is 3.85. The molecule has 1 saturated carbocycles. The topological polar surface area (TPSA) is 49.4 Å². The highest BCUT2D eigenvalue weighted by Gasteiger charge is 2.34. The van der Waals surface area contributed by atoms with Crippen molar-refractivity contribution in [3.8, 4) is 0 Å². The fraction of sp³-hybridized carbons (Fsp3) is 0.600. The number of fused-ring (bicyclic) bond motifs is 1. The van der Waals surface area contributed by atoms with Gasteiger partial charge < -0.3 is 10.2 Å². The third kappa shape index (κ3) is 3.47. The van der Waals surface area contributed by atoms with Gasteiger partial charge in [0.05, 0.1) is 0 Å². The van der Waals surface area contributed by atoms with E-state index in [0.717, 1.165) is 50.8 Å². The summed E-state index contributed by atoms with van der Waals surface area (Å²) in [7, 11) is 0. The SMILES string of the molecule is CCC(C)NC(=O)C1CCC(C(=O)N2CCc3ccccc32)CC1. The largest absolute Gasteiger partial charge is 0.353 e. The molecule has 1 aromatic carbocycles. The van der Waals surface area contributed by atoms with Gasteiger partial charge in [-0.05, 0) is 57.1 Å². The summed E-state index contributed by atoms with van der Waals surface area (Å²) < 4.78 is 0. The van der Waals surface area contributed by atoms with E-state index in [1.54, 1.807) is 0 Å². The van der Waals surface area contributed by atoms with Gasteiger partial charge in [0.1, 0.15) is 0 Å². The van der Waals surface area contributed by atoms with E-state index in [1.807, 2.05) is 30.0 Å². The predicted octanol–water partition coefficient (Wildman–Crippen LogP) is 3.30. The van der Waals surface area contributed by atoms with Crippen LogP contribution in [0, 0.1) is 11.8 Å². The van der Waals surface area contributed by atoms with E-state index < -0.39 is 0 Å². The van der Waals surface area contributed by atoms with Gasteiger partial charge >= 0.3 is 0 Å². The molecule has 24 heavy (non-hydrogen) atoms. The van der Waals surface area contributed by atoms with Gasteiger partial charge in [-0.15, -0.1) is 0 Å². The molecule has 2 aliphatic rings. The highest BCUT2D eigenvalue weighted by atomic mass is 16.2. The summed E-state index contributed by atoms with van der Waals surface area (Å²) in [6.07, 6.45) is 5.22. The minimum Gasteiger partial charge on any atom is -0.353 e. The predicted molar refractivity (Wildman–Crippen MR) is 95.8 cm³/mol. The quantitative estimate of drug-likeness (QED) is 0.922. The summed E-state index contributed by atoms with van der Waals surface area (Å²) in [4.78, 5) is 27.1. The molecule has 1 aromatic rings. The number of carbonyl (C=O) groups is 2. The lowest BCUT2D eigenvalue weighted by Gasteiger charge is -2.30. The number of anilines is 1. The van der Waals surface area contributed by atoms with Gasteiger partial charge in [0, 0.05) is 30.1 Å². The molecule has 4 nitrogen and oxygen atoms in total. The highest BCUT2D eigenvalue weighted by molar-refractivity contribution is 5.97. The molecule has 0 spiro atoms. The Morgan fingerprint density at radius 2 is 1.83 bits per heavy atom. The summed E-state index contributed by atoms with van der Waals surface area (Å²) in [5, 5.41) is 3.08. The van der Waals surface area contributed by atoms with Crippen LogP contribution in [0.4, 0.5) is 5.69 Å². The minimum absolute atomic E-state index is 0.0730. The number of nitrogens with one attached hydrogen (secondary N) is 1. The van der Waals surface area contributed by atoms with Crippen LogP contribution in [0.1, 0.15) is 51.5 Å². The Kier molecular flexibility index (Phi) is 5.22. The second-order valence-corrected chi connectivity index (χ2v) is 7.24. The van der Waals surface area contributed by atoms with Gasteiger partial charge in [-0.25, -0.2) is 0 Å². The van der Waals surface area contributed by atoms with E-state index in [2.05, 4.69) is 18.3 Å². The maximum atomic E-state index is 12.9. The third-order valence-corrected chi connectivity index (χ3v) is 5.60. The molecular weight excluding hydrogens is 300 g/mol. The van der Waals surface area contributed by atoms with E-state index in [0.29, 0.717) is 0 Å². The smallest absolute Gasteiger partial charge is 0.230 e. The highest BCUT2D eigenvalue weighted by Crippen LogP contribution is 2.34. The van der Waals surface area contributed by atoms with E-state index >= 15 is 0 Å². The van der Waals surface area contributed by atoms with Crippen LogP contribution in [-0.2, 0) is 16.0 Å². The second kappa shape index (κ2) is 7.37. The number of amides is 2. The molecule has 1 N–H and O–H groups in total. The van der Waals surface area contributed by atoms with Crippen LogP contribution in [0.5, 0.6) is 0 Å². The molecule has 3 rings (SSSR count). The molecule has 0 aromatic heterocycles. The van der Waals surface area contributed by atoms with Crippen molar-refractivity contribution in [2.24, 2.45) is 11.8 Å². The molecule has 1 unspecified atom stereocenters. The lowest BCUT2D eigenvalue weighted by Crippen LogP contribution is -2.41. The summed E-state index contributed by atoms with van der Waals surface area (Å²) in [6, 6.07) is 8.43. The number of hydrogen-bond donors (Lipinski definition) is 1. The Morgan fingerprint density at radius 3 is 2.54 bits per heavy atom. The number of benzene rings is 1. The molecule has 1 aliphatic heterocycles. The molecule has 0 bridgehead atoms. The van der Waals surface area contributed by atoms with Crippen LogP contribution >= 0.6 is 0 Å². The number of rotatable bonds is 4. The van der Waals surface area contributed by atoms with Crippen molar-refractivity contribution in [1.29, 1.82) is 0 Å². The first kappa shape index (κ1) is 17.0. The lowest BCUT2D eigenvalue weighted by molar-refractivity contribution is -0.129. The Bertz CT molecular complexity index is 605. The fourth-order valence-electron chi connectivity index (χ4n) is 3.85. The molecule has 1 aliphatic carbocycles. The molecule has 130 valence electrons. The van der Waals surface area contributed by atoms with Crippen LogP contribution in [0.2, 0.25) is 0 Å².